The summed E-state index contributed by atoms with van der Waals surface area (Å²) in [5.41, 5.74) is 0.480. The molecule has 148 valence electrons. The molecule has 1 aromatic rings. The van der Waals surface area contributed by atoms with Crippen molar-refractivity contribution in [1.29, 1.82) is 0 Å². The number of alkyl carbamates (subject to hydrolysis) is 1. The van der Waals surface area contributed by atoms with Crippen molar-refractivity contribution in [2.75, 3.05) is 20.8 Å². The lowest BCUT2D eigenvalue weighted by molar-refractivity contribution is -0.128. The first-order valence-electron chi connectivity index (χ1n) is 8.94. The van der Waals surface area contributed by atoms with Crippen LogP contribution in [0.15, 0.2) is 30.0 Å². The minimum absolute atomic E-state index is 0.240. The van der Waals surface area contributed by atoms with Gasteiger partial charge in [0, 0.05) is 24.7 Å². The quantitative estimate of drug-likeness (QED) is 0.854. The Morgan fingerprint density at radius 2 is 1.96 bits per heavy atom. The smallest absolute Gasteiger partial charge is 0.412 e. The summed E-state index contributed by atoms with van der Waals surface area (Å²) in [6.07, 6.45) is 2.62. The highest BCUT2D eigenvalue weighted by Gasteiger charge is 2.25. The maximum absolute atomic E-state index is 12.9. The maximum Gasteiger partial charge on any atom is 0.412 e. The summed E-state index contributed by atoms with van der Waals surface area (Å²) in [7, 11) is 3.17. The number of methoxy groups -OCH3 is 2. The summed E-state index contributed by atoms with van der Waals surface area (Å²) < 4.78 is 15.9. The van der Waals surface area contributed by atoms with E-state index in [0.717, 1.165) is 12.0 Å². The zero-order valence-electron chi connectivity index (χ0n) is 16.6. The summed E-state index contributed by atoms with van der Waals surface area (Å²) >= 11 is 0. The number of nitrogens with one attached hydrogen (secondary N) is 1. The molecule has 0 fully saturated rings. The first-order valence-corrected chi connectivity index (χ1v) is 8.94. The van der Waals surface area contributed by atoms with Crippen LogP contribution in [0.4, 0.5) is 4.79 Å². The minimum atomic E-state index is -0.633. The number of benzene rings is 1. The SMILES string of the molecule is COc1ccc(CN2CCCC=C(NC(=O)OC(C)(C)C)C2=O)c(OC)c1. The van der Waals surface area contributed by atoms with E-state index >= 15 is 0 Å². The van der Waals surface area contributed by atoms with Gasteiger partial charge in [0.1, 0.15) is 22.8 Å². The Morgan fingerprint density at radius 1 is 1.22 bits per heavy atom. The number of carbonyl (C=O) groups excluding carboxylic acids is 2. The van der Waals surface area contributed by atoms with E-state index < -0.39 is 11.7 Å². The van der Waals surface area contributed by atoms with Gasteiger partial charge in [0.05, 0.1) is 14.2 Å². The van der Waals surface area contributed by atoms with E-state index in [1.54, 1.807) is 52.0 Å². The first kappa shape index (κ1) is 20.6. The van der Waals surface area contributed by atoms with E-state index in [4.69, 9.17) is 14.2 Å². The molecule has 0 unspecified atom stereocenters. The van der Waals surface area contributed by atoms with Gasteiger partial charge >= 0.3 is 6.09 Å². The van der Waals surface area contributed by atoms with Gasteiger partial charge in [-0.15, -0.1) is 0 Å². The molecule has 0 atom stereocenters. The number of rotatable bonds is 5. The largest absolute Gasteiger partial charge is 0.497 e. The molecule has 1 heterocycles. The lowest BCUT2D eigenvalue weighted by atomic mass is 10.1. The lowest BCUT2D eigenvalue weighted by Gasteiger charge is -2.24. The van der Waals surface area contributed by atoms with Crippen LogP contribution in [0.3, 0.4) is 0 Å². The molecule has 1 aliphatic heterocycles. The van der Waals surface area contributed by atoms with E-state index in [0.29, 0.717) is 31.0 Å². The summed E-state index contributed by atoms with van der Waals surface area (Å²) in [6.45, 7) is 6.29. The average Bonchev–Trinajstić information content (AvgIpc) is 2.76. The third kappa shape index (κ3) is 5.91. The van der Waals surface area contributed by atoms with Crippen LogP contribution in [0.5, 0.6) is 11.5 Å². The second kappa shape index (κ2) is 8.79. The Kier molecular flexibility index (Phi) is 6.71. The molecule has 0 aliphatic carbocycles. The number of carbonyl (C=O) groups is 2. The van der Waals surface area contributed by atoms with Crippen LogP contribution in [-0.4, -0.2) is 43.3 Å². The maximum atomic E-state index is 12.9. The summed E-state index contributed by atoms with van der Waals surface area (Å²) in [5.74, 6) is 1.10. The van der Waals surface area contributed by atoms with Gasteiger partial charge in [-0.2, -0.15) is 0 Å². The zero-order chi connectivity index (χ0) is 20.0. The molecule has 1 N–H and O–H groups in total. The van der Waals surface area contributed by atoms with E-state index in [1.807, 2.05) is 12.1 Å². The molecule has 1 aromatic carbocycles. The van der Waals surface area contributed by atoms with Gasteiger partial charge in [0.25, 0.3) is 5.91 Å². The number of hydrogen-bond acceptors (Lipinski definition) is 5. The highest BCUT2D eigenvalue weighted by molar-refractivity contribution is 5.96. The van der Waals surface area contributed by atoms with Crippen LogP contribution < -0.4 is 14.8 Å². The topological polar surface area (TPSA) is 77.1 Å². The molecule has 0 bridgehead atoms. The molecule has 0 aromatic heterocycles. The van der Waals surface area contributed by atoms with Crippen LogP contribution >= 0.6 is 0 Å². The second-order valence-electron chi connectivity index (χ2n) is 7.29. The van der Waals surface area contributed by atoms with Crippen molar-refractivity contribution in [3.05, 3.63) is 35.5 Å². The third-order valence-corrected chi connectivity index (χ3v) is 3.99. The molecular formula is C20H28N2O5. The molecule has 2 rings (SSSR count). The molecule has 0 saturated carbocycles. The minimum Gasteiger partial charge on any atom is -0.497 e. The van der Waals surface area contributed by atoms with Crippen molar-refractivity contribution < 1.29 is 23.8 Å². The van der Waals surface area contributed by atoms with Crippen molar-refractivity contribution in [3.63, 3.8) is 0 Å². The highest BCUT2D eigenvalue weighted by atomic mass is 16.6. The fourth-order valence-corrected chi connectivity index (χ4v) is 2.74. The predicted octanol–water partition coefficient (Wildman–Crippen LogP) is 3.23. The number of allylic oxidation sites excluding steroid dienone is 1. The highest BCUT2D eigenvalue weighted by Crippen LogP contribution is 2.26. The number of hydrogen-bond donors (Lipinski definition) is 1. The van der Waals surface area contributed by atoms with Gasteiger partial charge in [-0.1, -0.05) is 6.08 Å². The Hall–Kier alpha value is -2.70. The van der Waals surface area contributed by atoms with Crippen LogP contribution in [-0.2, 0) is 16.1 Å². The van der Waals surface area contributed by atoms with E-state index in [2.05, 4.69) is 5.32 Å². The van der Waals surface area contributed by atoms with Gasteiger partial charge in [-0.25, -0.2) is 4.79 Å². The summed E-state index contributed by atoms with van der Waals surface area (Å²) in [4.78, 5) is 26.6. The van der Waals surface area contributed by atoms with Gasteiger partial charge < -0.3 is 19.1 Å². The number of amides is 2. The Balaban J connectivity index is 2.13. The number of ether oxygens (including phenoxy) is 3. The average molecular weight is 376 g/mol. The van der Waals surface area contributed by atoms with E-state index in [1.165, 1.54) is 0 Å². The fourth-order valence-electron chi connectivity index (χ4n) is 2.74. The molecule has 7 heteroatoms. The molecule has 2 amide bonds. The standard InChI is InChI=1S/C20H28N2O5/c1-20(2,3)27-19(24)21-16-8-6-7-11-22(18(16)23)13-14-9-10-15(25-4)12-17(14)26-5/h8-10,12H,6-7,11,13H2,1-5H3,(H,21,24). The molecule has 1 aliphatic rings. The monoisotopic (exact) mass is 376 g/mol. The first-order chi connectivity index (χ1) is 12.7. The van der Waals surface area contributed by atoms with Gasteiger partial charge in [0.15, 0.2) is 0 Å². The third-order valence-electron chi connectivity index (χ3n) is 3.99. The molecule has 0 radical (unpaired) electrons. The van der Waals surface area contributed by atoms with Crippen LogP contribution in [0.1, 0.15) is 39.2 Å². The molecule has 0 saturated heterocycles. The van der Waals surface area contributed by atoms with E-state index in [9.17, 15) is 9.59 Å². The lowest BCUT2D eigenvalue weighted by Crippen LogP contribution is -2.39. The fraction of sp³-hybridized carbons (Fsp3) is 0.500. The van der Waals surface area contributed by atoms with Crippen molar-refractivity contribution in [3.8, 4) is 11.5 Å². The van der Waals surface area contributed by atoms with Gasteiger partial charge in [-0.05, 0) is 45.7 Å². The second-order valence-corrected chi connectivity index (χ2v) is 7.29. The van der Waals surface area contributed by atoms with Crippen molar-refractivity contribution in [2.24, 2.45) is 0 Å². The van der Waals surface area contributed by atoms with Gasteiger partial charge in [-0.3, -0.25) is 10.1 Å². The molecular weight excluding hydrogens is 348 g/mol. The van der Waals surface area contributed by atoms with Crippen molar-refractivity contribution in [2.45, 2.75) is 45.8 Å². The summed E-state index contributed by atoms with van der Waals surface area (Å²) in [5, 5.41) is 2.59. The van der Waals surface area contributed by atoms with E-state index in [-0.39, 0.29) is 11.6 Å². The molecule has 0 spiro atoms. The van der Waals surface area contributed by atoms with Crippen molar-refractivity contribution in [1.82, 2.24) is 10.2 Å². The van der Waals surface area contributed by atoms with Gasteiger partial charge in [0.2, 0.25) is 0 Å². The van der Waals surface area contributed by atoms with Crippen LogP contribution in [0.25, 0.3) is 0 Å². The zero-order valence-corrected chi connectivity index (χ0v) is 16.6. The Bertz CT molecular complexity index is 722. The predicted molar refractivity (Wildman–Crippen MR) is 102 cm³/mol. The number of nitrogens with zero attached hydrogens (tertiary/aromatic N) is 1. The normalized spacial score (nSPS) is 14.9. The summed E-state index contributed by atoms with van der Waals surface area (Å²) in [6, 6.07) is 5.49. The Morgan fingerprint density at radius 3 is 2.59 bits per heavy atom. The van der Waals surface area contributed by atoms with Crippen molar-refractivity contribution >= 4 is 12.0 Å². The molecule has 7 nitrogen and oxygen atoms in total. The van der Waals surface area contributed by atoms with Crippen LogP contribution in [0, 0.1) is 0 Å². The Labute approximate surface area is 160 Å². The molecule has 27 heavy (non-hydrogen) atoms. The van der Waals surface area contributed by atoms with Crippen LogP contribution in [0.2, 0.25) is 0 Å².